The van der Waals surface area contributed by atoms with E-state index in [2.05, 4.69) is 5.32 Å². The van der Waals surface area contributed by atoms with Gasteiger partial charge in [-0.25, -0.2) is 0 Å². The van der Waals surface area contributed by atoms with Gasteiger partial charge in [0.05, 0.1) is 11.5 Å². The molecule has 0 radical (unpaired) electrons. The summed E-state index contributed by atoms with van der Waals surface area (Å²) in [5.41, 5.74) is 0. The van der Waals surface area contributed by atoms with Gasteiger partial charge in [0.1, 0.15) is 0 Å². The second-order valence-electron chi connectivity index (χ2n) is 4.27. The van der Waals surface area contributed by atoms with E-state index in [9.17, 15) is 14.4 Å². The fourth-order valence-electron chi connectivity index (χ4n) is 1.93. The predicted molar refractivity (Wildman–Crippen MR) is 68.4 cm³/mol. The number of thioether (sulfide) groups is 1. The maximum atomic E-state index is 11.8. The lowest BCUT2D eigenvalue weighted by molar-refractivity contribution is -0.134. The zero-order chi connectivity index (χ0) is 13.5. The van der Waals surface area contributed by atoms with Crippen LogP contribution in [0, 0.1) is 0 Å². The quantitative estimate of drug-likeness (QED) is 0.733. The third-order valence-electron chi connectivity index (χ3n) is 2.63. The average Bonchev–Trinajstić information content (AvgIpc) is 2.27. The van der Waals surface area contributed by atoms with Crippen LogP contribution in [0.2, 0.25) is 0 Å². The molecule has 6 nitrogen and oxygen atoms in total. The zero-order valence-electron chi connectivity index (χ0n) is 10.3. The van der Waals surface area contributed by atoms with Crippen molar-refractivity contribution in [2.24, 2.45) is 0 Å². The second-order valence-corrected chi connectivity index (χ2v) is 5.25. The minimum atomic E-state index is -0.914. The van der Waals surface area contributed by atoms with Crippen LogP contribution in [0.4, 0.5) is 0 Å². The Morgan fingerprint density at radius 1 is 1.39 bits per heavy atom. The fraction of sp³-hybridized carbons (Fsp3) is 0.727. The molecule has 1 rings (SSSR count). The molecule has 0 aromatic rings. The van der Waals surface area contributed by atoms with Gasteiger partial charge in [-0.2, -0.15) is 0 Å². The summed E-state index contributed by atoms with van der Waals surface area (Å²) in [6, 6.07) is 0.0182. The molecule has 1 unspecified atom stereocenters. The van der Waals surface area contributed by atoms with E-state index in [1.165, 1.54) is 6.92 Å². The maximum absolute atomic E-state index is 11.8. The van der Waals surface area contributed by atoms with Crippen molar-refractivity contribution >= 4 is 29.5 Å². The van der Waals surface area contributed by atoms with Gasteiger partial charge in [-0.05, 0) is 12.8 Å². The van der Waals surface area contributed by atoms with E-state index in [1.807, 2.05) is 0 Å². The number of aliphatic carboxylic acids is 1. The number of carboxylic acid groups (broad SMARTS) is 1. The molecular weight excluding hydrogens is 256 g/mol. The van der Waals surface area contributed by atoms with Crippen molar-refractivity contribution in [3.8, 4) is 0 Å². The minimum absolute atomic E-state index is 0.0182. The van der Waals surface area contributed by atoms with Crippen molar-refractivity contribution in [1.82, 2.24) is 10.2 Å². The number of carbonyl (C=O) groups is 3. The summed E-state index contributed by atoms with van der Waals surface area (Å²) in [7, 11) is 0. The van der Waals surface area contributed by atoms with E-state index in [0.717, 1.165) is 24.6 Å². The summed E-state index contributed by atoms with van der Waals surface area (Å²) in [5, 5.41) is 11.3. The molecule has 0 spiro atoms. The highest BCUT2D eigenvalue weighted by atomic mass is 32.2. The van der Waals surface area contributed by atoms with Crippen LogP contribution in [0.15, 0.2) is 0 Å². The van der Waals surface area contributed by atoms with Crippen molar-refractivity contribution in [1.29, 1.82) is 0 Å². The van der Waals surface area contributed by atoms with Crippen LogP contribution in [-0.2, 0) is 14.4 Å². The molecule has 2 amide bonds. The molecule has 0 saturated carbocycles. The molecule has 18 heavy (non-hydrogen) atoms. The molecule has 7 heteroatoms. The monoisotopic (exact) mass is 274 g/mol. The lowest BCUT2D eigenvalue weighted by Crippen LogP contribution is -2.49. The molecule has 102 valence electrons. The van der Waals surface area contributed by atoms with Gasteiger partial charge in [0.25, 0.3) is 0 Å². The van der Waals surface area contributed by atoms with Crippen LogP contribution >= 0.6 is 11.8 Å². The normalized spacial score (nSPS) is 19.4. The van der Waals surface area contributed by atoms with Gasteiger partial charge in [0, 0.05) is 26.1 Å². The summed E-state index contributed by atoms with van der Waals surface area (Å²) in [6.45, 7) is 2.66. The number of amides is 2. The van der Waals surface area contributed by atoms with Crippen LogP contribution in [0.3, 0.4) is 0 Å². The number of nitrogens with one attached hydrogen (secondary N) is 1. The summed E-state index contributed by atoms with van der Waals surface area (Å²) in [4.78, 5) is 34.8. The number of carbonyl (C=O) groups excluding carboxylic acids is 2. The van der Waals surface area contributed by atoms with Crippen molar-refractivity contribution in [2.45, 2.75) is 25.8 Å². The number of rotatable bonds is 5. The first-order valence-corrected chi connectivity index (χ1v) is 6.99. The van der Waals surface area contributed by atoms with Crippen molar-refractivity contribution in [3.05, 3.63) is 0 Å². The highest BCUT2D eigenvalue weighted by Crippen LogP contribution is 2.12. The Morgan fingerprint density at radius 2 is 2.11 bits per heavy atom. The van der Waals surface area contributed by atoms with Crippen LogP contribution in [0.25, 0.3) is 0 Å². The maximum Gasteiger partial charge on any atom is 0.313 e. The van der Waals surface area contributed by atoms with Crippen LogP contribution in [0.5, 0.6) is 0 Å². The van der Waals surface area contributed by atoms with E-state index < -0.39 is 5.97 Å². The Kier molecular flexibility index (Phi) is 5.97. The number of carboxylic acids is 1. The molecule has 1 saturated heterocycles. The number of likely N-dealkylation sites (tertiary alicyclic amines) is 1. The summed E-state index contributed by atoms with van der Waals surface area (Å²) in [5.74, 6) is -0.943. The Bertz CT molecular complexity index is 335. The Labute approximate surface area is 110 Å². The molecule has 1 aliphatic rings. The fourth-order valence-corrected chi connectivity index (χ4v) is 2.56. The van der Waals surface area contributed by atoms with Gasteiger partial charge < -0.3 is 15.3 Å². The molecule has 2 N–H and O–H groups in total. The Morgan fingerprint density at radius 3 is 2.72 bits per heavy atom. The van der Waals surface area contributed by atoms with Gasteiger partial charge in [0.15, 0.2) is 0 Å². The van der Waals surface area contributed by atoms with Gasteiger partial charge >= 0.3 is 5.97 Å². The zero-order valence-corrected chi connectivity index (χ0v) is 11.2. The number of piperidine rings is 1. The average molecular weight is 274 g/mol. The molecule has 0 aromatic carbocycles. The lowest BCUT2D eigenvalue weighted by atomic mass is 10.1. The standard InChI is InChI=1S/C11H18N2O4S/c1-8(14)12-9-3-2-4-13(5-9)10(15)6-18-7-11(16)17/h9H,2-7H2,1H3,(H,12,14)(H,16,17). The smallest absolute Gasteiger partial charge is 0.313 e. The largest absolute Gasteiger partial charge is 0.481 e. The van der Waals surface area contributed by atoms with E-state index in [-0.39, 0.29) is 29.4 Å². The Balaban J connectivity index is 2.33. The Hall–Kier alpha value is -1.24. The van der Waals surface area contributed by atoms with E-state index in [4.69, 9.17) is 5.11 Å². The molecule has 1 aliphatic heterocycles. The predicted octanol–water partition coefficient (Wildman–Crippen LogP) is -0.0687. The van der Waals surface area contributed by atoms with E-state index >= 15 is 0 Å². The van der Waals surface area contributed by atoms with Crippen molar-refractivity contribution < 1.29 is 19.5 Å². The highest BCUT2D eigenvalue weighted by molar-refractivity contribution is 8.00. The number of hydrogen-bond acceptors (Lipinski definition) is 4. The van der Waals surface area contributed by atoms with Crippen LogP contribution in [-0.4, -0.2) is 58.4 Å². The van der Waals surface area contributed by atoms with Crippen LogP contribution in [0.1, 0.15) is 19.8 Å². The third kappa shape index (κ3) is 5.39. The third-order valence-corrected chi connectivity index (χ3v) is 3.53. The number of hydrogen-bond donors (Lipinski definition) is 2. The first-order chi connectivity index (χ1) is 8.49. The molecular formula is C11H18N2O4S. The lowest BCUT2D eigenvalue weighted by Gasteiger charge is -2.33. The first-order valence-electron chi connectivity index (χ1n) is 5.83. The second kappa shape index (κ2) is 7.25. The first kappa shape index (κ1) is 14.8. The van der Waals surface area contributed by atoms with Crippen molar-refractivity contribution in [3.63, 3.8) is 0 Å². The van der Waals surface area contributed by atoms with Crippen molar-refractivity contribution in [2.75, 3.05) is 24.6 Å². The molecule has 0 bridgehead atoms. The van der Waals surface area contributed by atoms with Gasteiger partial charge in [-0.1, -0.05) is 0 Å². The molecule has 0 aromatic heterocycles. The van der Waals surface area contributed by atoms with E-state index in [1.54, 1.807) is 4.90 Å². The summed E-state index contributed by atoms with van der Waals surface area (Å²) >= 11 is 1.10. The molecule has 1 heterocycles. The van der Waals surface area contributed by atoms with Gasteiger partial charge in [-0.15, -0.1) is 11.8 Å². The molecule has 1 atom stereocenters. The van der Waals surface area contributed by atoms with Gasteiger partial charge in [-0.3, -0.25) is 14.4 Å². The van der Waals surface area contributed by atoms with Crippen LogP contribution < -0.4 is 5.32 Å². The number of nitrogens with zero attached hydrogens (tertiary/aromatic N) is 1. The molecule has 0 aliphatic carbocycles. The summed E-state index contributed by atoms with van der Waals surface area (Å²) in [6.07, 6.45) is 1.74. The minimum Gasteiger partial charge on any atom is -0.481 e. The summed E-state index contributed by atoms with van der Waals surface area (Å²) < 4.78 is 0. The van der Waals surface area contributed by atoms with Gasteiger partial charge in [0.2, 0.25) is 11.8 Å². The SMILES string of the molecule is CC(=O)NC1CCCN(C(=O)CSCC(=O)O)C1. The topological polar surface area (TPSA) is 86.7 Å². The highest BCUT2D eigenvalue weighted by Gasteiger charge is 2.23. The van der Waals surface area contributed by atoms with E-state index in [0.29, 0.717) is 13.1 Å². The molecule has 1 fully saturated rings.